The van der Waals surface area contributed by atoms with E-state index in [-0.39, 0.29) is 19.4 Å². The van der Waals surface area contributed by atoms with E-state index in [1.807, 2.05) is 41.2 Å². The number of ether oxygens (including phenoxy) is 2. The van der Waals surface area contributed by atoms with Gasteiger partial charge in [-0.2, -0.15) is 5.10 Å². The fourth-order valence-electron chi connectivity index (χ4n) is 4.91. The minimum absolute atomic E-state index is 0.0438. The Balaban J connectivity index is 1.52. The average molecular weight is 513 g/mol. The number of nitrogens with one attached hydrogen (secondary N) is 1. The first-order chi connectivity index (χ1) is 18.6. The summed E-state index contributed by atoms with van der Waals surface area (Å²) < 4.78 is 13.6. The third-order valence-corrected chi connectivity index (χ3v) is 6.71. The van der Waals surface area contributed by atoms with Crippen molar-refractivity contribution < 1.29 is 19.4 Å². The van der Waals surface area contributed by atoms with E-state index in [2.05, 4.69) is 53.7 Å². The number of fused-ring (bicyclic) bond motifs is 1. The molecule has 1 saturated heterocycles. The van der Waals surface area contributed by atoms with Crippen LogP contribution in [0.5, 0.6) is 5.75 Å². The van der Waals surface area contributed by atoms with Gasteiger partial charge in [0.15, 0.2) is 6.23 Å². The molecule has 0 bridgehead atoms. The predicted molar refractivity (Wildman–Crippen MR) is 147 cm³/mol. The molecular formula is C30H32N4O4. The van der Waals surface area contributed by atoms with Crippen LogP contribution in [0.15, 0.2) is 72.9 Å². The highest BCUT2D eigenvalue weighted by Gasteiger charge is 2.20. The molecule has 196 valence electrons. The summed E-state index contributed by atoms with van der Waals surface area (Å²) in [7, 11) is 0. The van der Waals surface area contributed by atoms with Crippen molar-refractivity contribution in [1.29, 1.82) is 0 Å². The number of aromatic nitrogens is 3. The van der Waals surface area contributed by atoms with E-state index in [1.165, 1.54) is 5.57 Å². The molecule has 1 atom stereocenters. The Morgan fingerprint density at radius 2 is 1.89 bits per heavy atom. The molecule has 2 aromatic carbocycles. The topological polar surface area (TPSA) is 98.5 Å². The first kappa shape index (κ1) is 25.5. The number of benzene rings is 2. The van der Waals surface area contributed by atoms with Gasteiger partial charge in [-0.05, 0) is 66.6 Å². The summed E-state index contributed by atoms with van der Waals surface area (Å²) in [6.45, 7) is 3.40. The van der Waals surface area contributed by atoms with Gasteiger partial charge >= 0.3 is 6.09 Å². The number of pyridine rings is 1. The van der Waals surface area contributed by atoms with Gasteiger partial charge in [-0.1, -0.05) is 49.4 Å². The van der Waals surface area contributed by atoms with Gasteiger partial charge in [0.05, 0.1) is 24.0 Å². The molecule has 5 rings (SSSR count). The second-order valence-electron chi connectivity index (χ2n) is 9.19. The maximum absolute atomic E-state index is 10.6. The zero-order valence-electron chi connectivity index (χ0n) is 21.5. The zero-order valence-corrected chi connectivity index (χ0v) is 21.5. The molecular weight excluding hydrogens is 480 g/mol. The van der Waals surface area contributed by atoms with E-state index in [0.717, 1.165) is 65.7 Å². The highest BCUT2D eigenvalue weighted by atomic mass is 16.5. The van der Waals surface area contributed by atoms with Gasteiger partial charge in [0, 0.05) is 12.2 Å². The standard InChI is InChI=1S/C30H32N4O4/c1-2-24(21-8-4-3-5-9-21)29(22-11-13-23(14-12-22)37-19-17-31-30(35)36)25-15-16-27-26(33-25)20-32-34(27)28-10-6-7-18-38-28/h3-5,8-9,11-16,20,28,31H,2,6-7,10,17-19H2,1H3,(H,35,36). The number of hydrogen-bond donors (Lipinski definition) is 2. The number of hydrogen-bond acceptors (Lipinski definition) is 5. The number of carboxylic acid groups (broad SMARTS) is 1. The molecule has 1 unspecified atom stereocenters. The molecule has 2 N–H and O–H groups in total. The normalized spacial score (nSPS) is 16.2. The van der Waals surface area contributed by atoms with Crippen LogP contribution in [0, 0.1) is 0 Å². The highest BCUT2D eigenvalue weighted by molar-refractivity contribution is 5.98. The van der Waals surface area contributed by atoms with Crippen molar-refractivity contribution in [1.82, 2.24) is 20.1 Å². The predicted octanol–water partition coefficient (Wildman–Crippen LogP) is 6.15. The molecule has 0 radical (unpaired) electrons. The SMILES string of the molecule is CCC(=C(c1ccc(OCCNC(=O)O)cc1)c1ccc2c(cnn2C2CCCCO2)n1)c1ccccc1. The van der Waals surface area contributed by atoms with E-state index >= 15 is 0 Å². The third kappa shape index (κ3) is 5.70. The van der Waals surface area contributed by atoms with Crippen LogP contribution in [0.4, 0.5) is 4.79 Å². The van der Waals surface area contributed by atoms with Crippen molar-refractivity contribution in [3.63, 3.8) is 0 Å². The van der Waals surface area contributed by atoms with Crippen LogP contribution in [-0.4, -0.2) is 45.7 Å². The van der Waals surface area contributed by atoms with Gasteiger partial charge in [0.25, 0.3) is 0 Å². The van der Waals surface area contributed by atoms with E-state index in [4.69, 9.17) is 19.6 Å². The van der Waals surface area contributed by atoms with Gasteiger partial charge in [-0.25, -0.2) is 14.5 Å². The molecule has 2 aromatic heterocycles. The van der Waals surface area contributed by atoms with E-state index in [9.17, 15) is 4.79 Å². The summed E-state index contributed by atoms with van der Waals surface area (Å²) in [5, 5.41) is 15.7. The molecule has 1 amide bonds. The molecule has 0 saturated carbocycles. The molecule has 1 aliphatic rings. The highest BCUT2D eigenvalue weighted by Crippen LogP contribution is 2.35. The van der Waals surface area contributed by atoms with E-state index in [1.54, 1.807) is 0 Å². The summed E-state index contributed by atoms with van der Waals surface area (Å²) in [4.78, 5) is 15.7. The van der Waals surface area contributed by atoms with Crippen molar-refractivity contribution in [2.24, 2.45) is 0 Å². The summed E-state index contributed by atoms with van der Waals surface area (Å²) >= 11 is 0. The Labute approximate surface area is 221 Å². The van der Waals surface area contributed by atoms with Gasteiger partial charge in [0.1, 0.15) is 17.9 Å². The Hall–Kier alpha value is -4.17. The Morgan fingerprint density at radius 3 is 2.61 bits per heavy atom. The number of allylic oxidation sites excluding steroid dienone is 1. The van der Waals surface area contributed by atoms with Gasteiger partial charge in [-0.15, -0.1) is 0 Å². The van der Waals surface area contributed by atoms with Crippen LogP contribution < -0.4 is 10.1 Å². The smallest absolute Gasteiger partial charge is 0.404 e. The van der Waals surface area contributed by atoms with Crippen LogP contribution in [0.3, 0.4) is 0 Å². The maximum Gasteiger partial charge on any atom is 0.404 e. The molecule has 0 aliphatic carbocycles. The molecule has 8 heteroatoms. The molecule has 4 aromatic rings. The van der Waals surface area contributed by atoms with Crippen LogP contribution in [0.25, 0.3) is 22.2 Å². The minimum Gasteiger partial charge on any atom is -0.492 e. The first-order valence-electron chi connectivity index (χ1n) is 13.1. The van der Waals surface area contributed by atoms with Crippen molar-refractivity contribution >= 4 is 28.3 Å². The van der Waals surface area contributed by atoms with E-state index < -0.39 is 6.09 Å². The van der Waals surface area contributed by atoms with Crippen molar-refractivity contribution in [2.45, 2.75) is 38.8 Å². The second-order valence-corrected chi connectivity index (χ2v) is 9.19. The van der Waals surface area contributed by atoms with Crippen LogP contribution >= 0.6 is 0 Å². The monoisotopic (exact) mass is 512 g/mol. The maximum atomic E-state index is 10.6. The van der Waals surface area contributed by atoms with Crippen LogP contribution in [0.1, 0.15) is 55.7 Å². The zero-order chi connectivity index (χ0) is 26.3. The van der Waals surface area contributed by atoms with Crippen molar-refractivity contribution in [3.8, 4) is 5.75 Å². The minimum atomic E-state index is -1.06. The molecule has 1 fully saturated rings. The van der Waals surface area contributed by atoms with Gasteiger partial charge in [0.2, 0.25) is 0 Å². The fraction of sp³-hybridized carbons (Fsp3) is 0.300. The summed E-state index contributed by atoms with van der Waals surface area (Å²) in [6, 6.07) is 22.4. The lowest BCUT2D eigenvalue weighted by molar-refractivity contribution is -0.0366. The van der Waals surface area contributed by atoms with Gasteiger partial charge < -0.3 is 19.9 Å². The lowest BCUT2D eigenvalue weighted by Crippen LogP contribution is -2.26. The summed E-state index contributed by atoms with van der Waals surface area (Å²) in [6.07, 6.45) is 4.73. The first-order valence-corrected chi connectivity index (χ1v) is 13.1. The number of carbonyl (C=O) groups is 1. The molecule has 1 aliphatic heterocycles. The number of rotatable bonds is 9. The Kier molecular flexibility index (Phi) is 7.99. The number of nitrogens with zero attached hydrogens (tertiary/aromatic N) is 3. The molecule has 3 heterocycles. The lowest BCUT2D eigenvalue weighted by atomic mass is 9.90. The van der Waals surface area contributed by atoms with Crippen molar-refractivity contribution in [3.05, 3.63) is 89.7 Å². The molecule has 38 heavy (non-hydrogen) atoms. The Bertz CT molecular complexity index is 1410. The van der Waals surface area contributed by atoms with Crippen LogP contribution in [-0.2, 0) is 4.74 Å². The molecule has 0 spiro atoms. The third-order valence-electron chi connectivity index (χ3n) is 6.71. The summed E-state index contributed by atoms with van der Waals surface area (Å²) in [5.41, 5.74) is 7.11. The quantitative estimate of drug-likeness (QED) is 0.206. The number of amides is 1. The van der Waals surface area contributed by atoms with Crippen molar-refractivity contribution in [2.75, 3.05) is 19.8 Å². The average Bonchev–Trinajstić information content (AvgIpc) is 3.39. The largest absolute Gasteiger partial charge is 0.492 e. The fourth-order valence-corrected chi connectivity index (χ4v) is 4.91. The van der Waals surface area contributed by atoms with Crippen LogP contribution in [0.2, 0.25) is 0 Å². The lowest BCUT2D eigenvalue weighted by Gasteiger charge is -2.23. The summed E-state index contributed by atoms with van der Waals surface area (Å²) in [5.74, 6) is 0.676. The van der Waals surface area contributed by atoms with Gasteiger partial charge in [-0.3, -0.25) is 0 Å². The Morgan fingerprint density at radius 1 is 1.08 bits per heavy atom. The molecule has 8 nitrogen and oxygen atoms in total. The second kappa shape index (κ2) is 11.9. The van der Waals surface area contributed by atoms with E-state index in [0.29, 0.717) is 5.75 Å².